The lowest BCUT2D eigenvalue weighted by molar-refractivity contribution is -0.156. The molecule has 0 unspecified atom stereocenters. The Kier molecular flexibility index (Phi) is 3.13. The van der Waals surface area contributed by atoms with Gasteiger partial charge in [-0.1, -0.05) is 0 Å². The Labute approximate surface area is 110 Å². The highest BCUT2D eigenvalue weighted by molar-refractivity contribution is 5.83. The lowest BCUT2D eigenvalue weighted by Gasteiger charge is -2.56. The van der Waals surface area contributed by atoms with E-state index in [2.05, 4.69) is 0 Å². The molecule has 0 aromatic rings. The van der Waals surface area contributed by atoms with Crippen LogP contribution in [0.2, 0.25) is 0 Å². The highest BCUT2D eigenvalue weighted by Crippen LogP contribution is 2.60. The van der Waals surface area contributed by atoms with Crippen LogP contribution in [0.1, 0.15) is 44.9 Å². The molecule has 4 bridgehead atoms. The van der Waals surface area contributed by atoms with Crippen LogP contribution in [0.15, 0.2) is 0 Å². The molecule has 1 amide bonds. The van der Waals surface area contributed by atoms with Crippen molar-refractivity contribution in [3.63, 3.8) is 0 Å². The predicted molar refractivity (Wildman–Crippen MR) is 71.9 cm³/mol. The van der Waals surface area contributed by atoms with Crippen LogP contribution in [0.3, 0.4) is 0 Å². The second-order valence-electron chi connectivity index (χ2n) is 7.07. The third-order valence-corrected chi connectivity index (χ3v) is 5.54. The van der Waals surface area contributed by atoms with Crippen molar-refractivity contribution in [2.24, 2.45) is 28.9 Å². The third-order valence-electron chi connectivity index (χ3n) is 5.54. The lowest BCUT2D eigenvalue weighted by Crippen LogP contribution is -2.54. The first-order chi connectivity index (χ1) is 8.63. The highest BCUT2D eigenvalue weighted by atomic mass is 16.2. The summed E-state index contributed by atoms with van der Waals surface area (Å²) in [6.07, 6.45) is 8.64. The minimum absolute atomic E-state index is 0.0259. The Morgan fingerprint density at radius 2 is 1.67 bits per heavy atom. The number of carbonyl (C=O) groups excluding carboxylic acids is 1. The molecule has 3 heteroatoms. The van der Waals surface area contributed by atoms with Crippen molar-refractivity contribution in [3.05, 3.63) is 0 Å². The zero-order chi connectivity index (χ0) is 12.8. The predicted octanol–water partition coefficient (Wildman–Crippen LogP) is 2.01. The smallest absolute Gasteiger partial charge is 0.228 e. The largest absolute Gasteiger partial charge is 0.345 e. The summed E-state index contributed by atoms with van der Waals surface area (Å²) >= 11 is 0. The lowest BCUT2D eigenvalue weighted by atomic mass is 9.49. The van der Waals surface area contributed by atoms with E-state index in [-0.39, 0.29) is 5.41 Å². The number of nitrogens with two attached hydrogens (primary N) is 1. The molecule has 0 radical (unpaired) electrons. The second-order valence-corrected chi connectivity index (χ2v) is 7.07. The Bertz CT molecular complexity index is 304. The van der Waals surface area contributed by atoms with Crippen LogP contribution in [0, 0.1) is 23.2 Å². The van der Waals surface area contributed by atoms with Crippen LogP contribution in [0.4, 0.5) is 0 Å². The molecular formula is C15H26N2O. The summed E-state index contributed by atoms with van der Waals surface area (Å²) in [4.78, 5) is 14.7. The quantitative estimate of drug-likeness (QED) is 0.829. The molecule has 102 valence electrons. The number of rotatable bonds is 4. The number of nitrogens with zero attached hydrogens (tertiary/aromatic N) is 1. The average Bonchev–Trinajstić information content (AvgIpc) is 2.33. The van der Waals surface area contributed by atoms with Gasteiger partial charge in [-0.05, 0) is 69.2 Å². The van der Waals surface area contributed by atoms with E-state index in [4.69, 9.17) is 5.73 Å². The van der Waals surface area contributed by atoms with E-state index in [1.54, 1.807) is 0 Å². The van der Waals surface area contributed by atoms with E-state index in [0.29, 0.717) is 12.5 Å². The molecule has 2 N–H and O–H groups in total. The number of carbonyl (C=O) groups is 1. The van der Waals surface area contributed by atoms with Gasteiger partial charge >= 0.3 is 0 Å². The molecule has 0 heterocycles. The van der Waals surface area contributed by atoms with Gasteiger partial charge in [-0.2, -0.15) is 0 Å². The highest BCUT2D eigenvalue weighted by Gasteiger charge is 2.55. The van der Waals surface area contributed by atoms with E-state index in [1.165, 1.54) is 38.5 Å². The monoisotopic (exact) mass is 250 g/mol. The van der Waals surface area contributed by atoms with Gasteiger partial charge in [0.25, 0.3) is 0 Å². The molecule has 0 spiro atoms. The molecule has 18 heavy (non-hydrogen) atoms. The molecule has 4 aliphatic rings. The summed E-state index contributed by atoms with van der Waals surface area (Å²) in [5, 5.41) is 0. The summed E-state index contributed by atoms with van der Waals surface area (Å²) in [6, 6.07) is 0. The fourth-order valence-electron chi connectivity index (χ4n) is 5.21. The van der Waals surface area contributed by atoms with Crippen molar-refractivity contribution in [2.45, 2.75) is 44.9 Å². The first-order valence-electron chi connectivity index (χ1n) is 7.58. The van der Waals surface area contributed by atoms with Gasteiger partial charge in [-0.3, -0.25) is 4.79 Å². The van der Waals surface area contributed by atoms with Crippen molar-refractivity contribution >= 4 is 5.91 Å². The molecule has 4 rings (SSSR count). The number of hydrogen-bond acceptors (Lipinski definition) is 2. The van der Waals surface area contributed by atoms with Crippen LogP contribution >= 0.6 is 0 Å². The standard InChI is InChI=1S/C15H26N2O/c1-17(4-2-3-16)14(18)15-8-11-5-12(9-15)7-13(6-11)10-15/h11-13H,2-10,16H2,1H3. The molecule has 4 saturated carbocycles. The molecule has 0 aromatic carbocycles. The number of hydrogen-bond donors (Lipinski definition) is 1. The molecule has 4 fully saturated rings. The Morgan fingerprint density at radius 3 is 2.11 bits per heavy atom. The van der Waals surface area contributed by atoms with Gasteiger partial charge in [0.05, 0.1) is 5.41 Å². The van der Waals surface area contributed by atoms with Crippen molar-refractivity contribution in [1.29, 1.82) is 0 Å². The normalized spacial score (nSPS) is 41.1. The zero-order valence-corrected chi connectivity index (χ0v) is 11.5. The Balaban J connectivity index is 1.72. The minimum Gasteiger partial charge on any atom is -0.345 e. The van der Waals surface area contributed by atoms with Crippen molar-refractivity contribution in [1.82, 2.24) is 4.90 Å². The fourth-order valence-corrected chi connectivity index (χ4v) is 5.21. The summed E-state index contributed by atoms with van der Waals surface area (Å²) in [7, 11) is 1.97. The molecule has 0 aliphatic heterocycles. The van der Waals surface area contributed by atoms with E-state index < -0.39 is 0 Å². The van der Waals surface area contributed by atoms with Gasteiger partial charge in [0.1, 0.15) is 0 Å². The molecule has 0 atom stereocenters. The van der Waals surface area contributed by atoms with Gasteiger partial charge in [-0.25, -0.2) is 0 Å². The first kappa shape index (κ1) is 12.5. The van der Waals surface area contributed by atoms with E-state index in [0.717, 1.165) is 30.7 Å². The van der Waals surface area contributed by atoms with E-state index in [1.807, 2.05) is 11.9 Å². The second kappa shape index (κ2) is 4.52. The maximum Gasteiger partial charge on any atom is 0.228 e. The zero-order valence-electron chi connectivity index (χ0n) is 11.5. The topological polar surface area (TPSA) is 46.3 Å². The van der Waals surface area contributed by atoms with Crippen LogP contribution < -0.4 is 5.73 Å². The fraction of sp³-hybridized carbons (Fsp3) is 0.933. The molecule has 3 nitrogen and oxygen atoms in total. The maximum absolute atomic E-state index is 12.8. The Hall–Kier alpha value is -0.570. The van der Waals surface area contributed by atoms with Gasteiger partial charge in [0.2, 0.25) is 5.91 Å². The van der Waals surface area contributed by atoms with Crippen molar-refractivity contribution in [3.8, 4) is 0 Å². The maximum atomic E-state index is 12.8. The summed E-state index contributed by atoms with van der Waals surface area (Å²) < 4.78 is 0. The summed E-state index contributed by atoms with van der Waals surface area (Å²) in [5.41, 5.74) is 5.57. The van der Waals surface area contributed by atoms with Gasteiger partial charge < -0.3 is 10.6 Å². The van der Waals surface area contributed by atoms with Gasteiger partial charge in [-0.15, -0.1) is 0 Å². The molecular weight excluding hydrogens is 224 g/mol. The number of amides is 1. The van der Waals surface area contributed by atoms with E-state index in [9.17, 15) is 4.79 Å². The Morgan fingerprint density at radius 1 is 1.17 bits per heavy atom. The molecule has 0 saturated heterocycles. The van der Waals surface area contributed by atoms with Gasteiger partial charge in [0, 0.05) is 13.6 Å². The minimum atomic E-state index is 0.0259. The third kappa shape index (κ3) is 1.97. The van der Waals surface area contributed by atoms with Gasteiger partial charge in [0.15, 0.2) is 0 Å². The average molecular weight is 250 g/mol. The van der Waals surface area contributed by atoms with E-state index >= 15 is 0 Å². The van der Waals surface area contributed by atoms with Crippen molar-refractivity contribution in [2.75, 3.05) is 20.1 Å². The van der Waals surface area contributed by atoms with Crippen LogP contribution in [0.25, 0.3) is 0 Å². The molecule has 0 aromatic heterocycles. The van der Waals surface area contributed by atoms with Crippen LogP contribution in [-0.4, -0.2) is 30.9 Å². The summed E-state index contributed by atoms with van der Waals surface area (Å²) in [6.45, 7) is 1.51. The molecule has 4 aliphatic carbocycles. The summed E-state index contributed by atoms with van der Waals surface area (Å²) in [5.74, 6) is 2.98. The van der Waals surface area contributed by atoms with Crippen LogP contribution in [0.5, 0.6) is 0 Å². The first-order valence-corrected chi connectivity index (χ1v) is 7.58. The van der Waals surface area contributed by atoms with Crippen LogP contribution in [-0.2, 0) is 4.79 Å². The SMILES string of the molecule is CN(CCCN)C(=O)C12CC3CC(CC(C3)C1)C2. The van der Waals surface area contributed by atoms with Crippen molar-refractivity contribution < 1.29 is 4.79 Å².